The molecule has 356 valence electrons. The van der Waals surface area contributed by atoms with Crippen molar-refractivity contribution in [2.45, 2.75) is 10.8 Å². The highest BCUT2D eigenvalue weighted by molar-refractivity contribution is 6.09. The first-order chi connectivity index (χ1) is 37.7. The molecule has 2 aliphatic rings. The van der Waals surface area contributed by atoms with E-state index in [9.17, 15) is 0 Å². The first-order valence-corrected chi connectivity index (χ1v) is 26.4. The summed E-state index contributed by atoms with van der Waals surface area (Å²) in [4.78, 5) is 2.59. The lowest BCUT2D eigenvalue weighted by Gasteiger charge is -2.38. The molecule has 2 heteroatoms. The normalized spacial score (nSPS) is 13.5. The Kier molecular flexibility index (Phi) is 10.0. The second-order valence-corrected chi connectivity index (χ2v) is 20.3. The molecule has 0 N–H and O–H groups in total. The van der Waals surface area contributed by atoms with Crippen molar-refractivity contribution < 1.29 is 0 Å². The van der Waals surface area contributed by atoms with E-state index in [4.69, 9.17) is 0 Å². The smallest absolute Gasteiger partial charge is 0.0734 e. The van der Waals surface area contributed by atoms with Crippen LogP contribution in [-0.2, 0) is 10.8 Å². The number of nitrogens with zero attached hydrogens (tertiary/aromatic N) is 2. The van der Waals surface area contributed by atoms with Crippen molar-refractivity contribution in [1.82, 2.24) is 4.57 Å². The van der Waals surface area contributed by atoms with Crippen LogP contribution < -0.4 is 4.90 Å². The zero-order valence-electron chi connectivity index (χ0n) is 41.8. The zero-order valence-corrected chi connectivity index (χ0v) is 41.8. The molecule has 0 saturated carbocycles. The Morgan fingerprint density at radius 2 is 0.684 bits per heavy atom. The maximum atomic E-state index is 2.59. The Morgan fingerprint density at radius 1 is 0.276 bits per heavy atom. The van der Waals surface area contributed by atoms with Crippen LogP contribution in [0.2, 0.25) is 0 Å². The van der Waals surface area contributed by atoms with Gasteiger partial charge < -0.3 is 9.47 Å². The monoisotopic (exact) mass is 966 g/mol. The lowest BCUT2D eigenvalue weighted by molar-refractivity contribution is 0.766. The number of hydrogen-bond acceptors (Lipinski definition) is 1. The molecule has 0 bridgehead atoms. The van der Waals surface area contributed by atoms with Crippen molar-refractivity contribution in [2.24, 2.45) is 0 Å². The fraction of sp³-hybridized carbons (Fsp3) is 0.0270. The largest absolute Gasteiger partial charge is 0.310 e. The Labute approximate surface area is 443 Å². The SMILES string of the molecule is c1ccc(C2(c3ccccc3)c3ccccc3-c3c(N(c4ccc(-c5ccc(-n6c7ccccc7c7ccccc76)cc5)cc4)c4cccc5c4C(c4ccccc4)(c4ccccc4)c4ccccc4-5)cccc32)cc1. The summed E-state index contributed by atoms with van der Waals surface area (Å²) in [5, 5.41) is 2.52. The van der Waals surface area contributed by atoms with Crippen molar-refractivity contribution in [3.8, 4) is 39.1 Å². The molecule has 1 heterocycles. The summed E-state index contributed by atoms with van der Waals surface area (Å²) in [6.07, 6.45) is 0. The van der Waals surface area contributed by atoms with Crippen LogP contribution in [0.4, 0.5) is 17.1 Å². The molecule has 0 atom stereocenters. The minimum Gasteiger partial charge on any atom is -0.310 e. The van der Waals surface area contributed by atoms with E-state index in [1.807, 2.05) is 0 Å². The number of benzene rings is 12. The van der Waals surface area contributed by atoms with E-state index in [1.165, 1.54) is 88.6 Å². The molecule has 2 aliphatic carbocycles. The van der Waals surface area contributed by atoms with Gasteiger partial charge in [-0.1, -0.05) is 255 Å². The lowest BCUT2D eigenvalue weighted by Crippen LogP contribution is -2.30. The molecule has 0 aliphatic heterocycles. The Morgan fingerprint density at radius 3 is 1.25 bits per heavy atom. The predicted octanol–water partition coefficient (Wildman–Crippen LogP) is 18.6. The van der Waals surface area contributed by atoms with Crippen LogP contribution in [0, 0.1) is 0 Å². The van der Waals surface area contributed by atoms with Gasteiger partial charge in [-0.15, -0.1) is 0 Å². The number of anilines is 3. The van der Waals surface area contributed by atoms with Gasteiger partial charge in [0.2, 0.25) is 0 Å². The van der Waals surface area contributed by atoms with E-state index in [-0.39, 0.29) is 0 Å². The molecular formula is C74H50N2. The van der Waals surface area contributed by atoms with Crippen molar-refractivity contribution >= 4 is 38.9 Å². The van der Waals surface area contributed by atoms with Gasteiger partial charge in [-0.05, 0) is 115 Å². The molecule has 0 unspecified atom stereocenters. The van der Waals surface area contributed by atoms with Gasteiger partial charge >= 0.3 is 0 Å². The average molecular weight is 967 g/mol. The predicted molar refractivity (Wildman–Crippen MR) is 316 cm³/mol. The van der Waals surface area contributed by atoms with Gasteiger partial charge in [0.05, 0.1) is 33.2 Å². The molecule has 15 rings (SSSR count). The molecule has 0 radical (unpaired) electrons. The van der Waals surface area contributed by atoms with Crippen molar-refractivity contribution in [2.75, 3.05) is 4.90 Å². The minimum absolute atomic E-state index is 0.571. The third kappa shape index (κ3) is 6.28. The van der Waals surface area contributed by atoms with E-state index in [0.717, 1.165) is 33.9 Å². The summed E-state index contributed by atoms with van der Waals surface area (Å²) in [6, 6.07) is 113. The number of para-hydroxylation sites is 2. The van der Waals surface area contributed by atoms with Crippen LogP contribution >= 0.6 is 0 Å². The molecule has 0 fully saturated rings. The van der Waals surface area contributed by atoms with Gasteiger partial charge in [-0.3, -0.25) is 0 Å². The zero-order chi connectivity index (χ0) is 50.2. The molecule has 0 saturated heterocycles. The fourth-order valence-electron chi connectivity index (χ4n) is 13.5. The van der Waals surface area contributed by atoms with Crippen LogP contribution in [0.1, 0.15) is 44.5 Å². The average Bonchev–Trinajstić information content (AvgIpc) is 4.32. The third-order valence-electron chi connectivity index (χ3n) is 16.6. The van der Waals surface area contributed by atoms with E-state index < -0.39 is 10.8 Å². The highest BCUT2D eigenvalue weighted by Gasteiger charge is 2.50. The van der Waals surface area contributed by atoms with E-state index in [1.54, 1.807) is 0 Å². The summed E-state index contributed by atoms with van der Waals surface area (Å²) in [5.74, 6) is 0. The number of hydrogen-bond donors (Lipinski definition) is 0. The third-order valence-corrected chi connectivity index (χ3v) is 16.6. The first-order valence-electron chi connectivity index (χ1n) is 26.4. The lowest BCUT2D eigenvalue weighted by atomic mass is 9.67. The standard InChI is InChI=1S/C74H50N2/c1-5-23-53(24-6-1)73(54-25-7-2-8-26-54)65-37-18-14-34-63(65)71-66(73)38-22-41-69(71)76(58-49-45-52(46-50-58)51-43-47-57(48-44-51)75-67-39-19-15-32-60(67)61-33-16-20-40-68(61)75)70-42-21-35-62-59-31-13-17-36-64(59)74(72(62)70,55-27-9-3-10-28-55)56-29-11-4-12-30-56/h1-50H. The van der Waals surface area contributed by atoms with Gasteiger partial charge in [0.25, 0.3) is 0 Å². The minimum atomic E-state index is -0.644. The maximum Gasteiger partial charge on any atom is 0.0734 e. The summed E-state index contributed by atoms with van der Waals surface area (Å²) in [6.45, 7) is 0. The van der Waals surface area contributed by atoms with Crippen LogP contribution in [0.5, 0.6) is 0 Å². The second kappa shape index (κ2) is 17.4. The van der Waals surface area contributed by atoms with Crippen molar-refractivity contribution in [1.29, 1.82) is 0 Å². The molecule has 12 aromatic carbocycles. The summed E-state index contributed by atoms with van der Waals surface area (Å²) < 4.78 is 2.39. The van der Waals surface area contributed by atoms with Crippen molar-refractivity contribution in [3.05, 3.63) is 348 Å². The van der Waals surface area contributed by atoms with Crippen LogP contribution in [0.3, 0.4) is 0 Å². The highest BCUT2D eigenvalue weighted by atomic mass is 15.2. The van der Waals surface area contributed by atoms with Gasteiger partial charge in [-0.25, -0.2) is 0 Å². The Bertz CT molecular complexity index is 4180. The van der Waals surface area contributed by atoms with Gasteiger partial charge in [-0.2, -0.15) is 0 Å². The summed E-state index contributed by atoms with van der Waals surface area (Å²) in [5.41, 5.74) is 23.0. The fourth-order valence-corrected chi connectivity index (χ4v) is 13.5. The molecule has 13 aromatic rings. The summed E-state index contributed by atoms with van der Waals surface area (Å²) >= 11 is 0. The van der Waals surface area contributed by atoms with Crippen LogP contribution in [-0.4, -0.2) is 4.57 Å². The summed E-state index contributed by atoms with van der Waals surface area (Å²) in [7, 11) is 0. The quantitative estimate of drug-likeness (QED) is 0.140. The van der Waals surface area contributed by atoms with E-state index >= 15 is 0 Å². The Hall–Kier alpha value is -9.76. The Balaban J connectivity index is 0.977. The van der Waals surface area contributed by atoms with Gasteiger partial charge in [0, 0.05) is 33.3 Å². The van der Waals surface area contributed by atoms with E-state index in [0.29, 0.717) is 0 Å². The number of rotatable bonds is 9. The number of aromatic nitrogens is 1. The van der Waals surface area contributed by atoms with Crippen molar-refractivity contribution in [3.63, 3.8) is 0 Å². The second-order valence-electron chi connectivity index (χ2n) is 20.3. The molecule has 0 amide bonds. The van der Waals surface area contributed by atoms with Crippen LogP contribution in [0.25, 0.3) is 60.9 Å². The van der Waals surface area contributed by atoms with E-state index in [2.05, 4.69) is 313 Å². The molecule has 0 spiro atoms. The first kappa shape index (κ1) is 43.8. The number of fused-ring (bicyclic) bond motifs is 9. The van der Waals surface area contributed by atoms with Gasteiger partial charge in [0.15, 0.2) is 0 Å². The molecular weight excluding hydrogens is 917 g/mol. The highest BCUT2D eigenvalue weighted by Crippen LogP contribution is 2.63. The maximum absolute atomic E-state index is 2.59. The molecule has 2 nitrogen and oxygen atoms in total. The van der Waals surface area contributed by atoms with Crippen LogP contribution in [0.15, 0.2) is 303 Å². The molecule has 76 heavy (non-hydrogen) atoms. The molecule has 1 aromatic heterocycles. The van der Waals surface area contributed by atoms with Gasteiger partial charge in [0.1, 0.15) is 0 Å². The topological polar surface area (TPSA) is 8.17 Å².